The van der Waals surface area contributed by atoms with E-state index in [1.54, 1.807) is 0 Å². The monoisotopic (exact) mass is 280 g/mol. The molecule has 1 aliphatic rings. The summed E-state index contributed by atoms with van der Waals surface area (Å²) < 4.78 is 0. The fraction of sp³-hybridized carbons (Fsp3) is 0.368. The van der Waals surface area contributed by atoms with E-state index in [0.29, 0.717) is 6.04 Å². The zero-order valence-electron chi connectivity index (χ0n) is 13.0. The van der Waals surface area contributed by atoms with Gasteiger partial charge in [-0.2, -0.15) is 0 Å². The number of hydrogen-bond acceptors (Lipinski definition) is 2. The Labute approximate surface area is 128 Å². The summed E-state index contributed by atoms with van der Waals surface area (Å²) >= 11 is 0. The standard InChI is InChI=1S/C19H24N2/c1-16-8-6-7-11-18(16)19(17-9-4-3-5-10-17)21-14-12-20(2)13-15-21/h3-11,19H,12-15H2,1-2H3. The van der Waals surface area contributed by atoms with Gasteiger partial charge in [0.2, 0.25) is 0 Å². The zero-order valence-corrected chi connectivity index (χ0v) is 13.0. The molecule has 1 unspecified atom stereocenters. The van der Waals surface area contributed by atoms with Gasteiger partial charge in [0, 0.05) is 26.2 Å². The molecule has 110 valence electrons. The van der Waals surface area contributed by atoms with Gasteiger partial charge < -0.3 is 4.90 Å². The molecule has 1 heterocycles. The Morgan fingerprint density at radius 2 is 1.43 bits per heavy atom. The van der Waals surface area contributed by atoms with E-state index in [-0.39, 0.29) is 0 Å². The second-order valence-electron chi connectivity index (χ2n) is 6.01. The molecule has 0 bridgehead atoms. The number of rotatable bonds is 3. The molecule has 3 rings (SSSR count). The molecule has 0 amide bonds. The van der Waals surface area contributed by atoms with Gasteiger partial charge in [0.05, 0.1) is 6.04 Å². The van der Waals surface area contributed by atoms with E-state index in [9.17, 15) is 0 Å². The maximum atomic E-state index is 2.62. The van der Waals surface area contributed by atoms with E-state index in [0.717, 1.165) is 26.2 Å². The third-order valence-corrected chi connectivity index (χ3v) is 4.50. The van der Waals surface area contributed by atoms with E-state index in [1.807, 2.05) is 0 Å². The lowest BCUT2D eigenvalue weighted by Gasteiger charge is -2.39. The fourth-order valence-corrected chi connectivity index (χ4v) is 3.20. The van der Waals surface area contributed by atoms with Gasteiger partial charge in [0.25, 0.3) is 0 Å². The van der Waals surface area contributed by atoms with Crippen molar-refractivity contribution in [2.45, 2.75) is 13.0 Å². The van der Waals surface area contributed by atoms with E-state index in [4.69, 9.17) is 0 Å². The molecule has 2 nitrogen and oxygen atoms in total. The molecule has 1 saturated heterocycles. The minimum Gasteiger partial charge on any atom is -0.304 e. The number of likely N-dealkylation sites (N-methyl/N-ethyl adjacent to an activating group) is 1. The lowest BCUT2D eigenvalue weighted by molar-refractivity contribution is 0.127. The molecule has 1 fully saturated rings. The van der Waals surface area contributed by atoms with Crippen LogP contribution >= 0.6 is 0 Å². The largest absolute Gasteiger partial charge is 0.304 e. The Hall–Kier alpha value is -1.64. The minimum atomic E-state index is 0.376. The molecule has 0 saturated carbocycles. The quantitative estimate of drug-likeness (QED) is 0.851. The van der Waals surface area contributed by atoms with Crippen LogP contribution in [0.5, 0.6) is 0 Å². The Kier molecular flexibility index (Phi) is 4.37. The predicted octanol–water partition coefficient (Wildman–Crippen LogP) is 3.33. The van der Waals surface area contributed by atoms with Crippen LogP contribution in [0.25, 0.3) is 0 Å². The first kappa shape index (κ1) is 14.3. The maximum absolute atomic E-state index is 2.62. The number of nitrogens with zero attached hydrogens (tertiary/aromatic N) is 2. The molecule has 0 radical (unpaired) electrons. The second kappa shape index (κ2) is 6.42. The molecule has 0 aromatic heterocycles. The van der Waals surface area contributed by atoms with Crippen LogP contribution in [0.3, 0.4) is 0 Å². The highest BCUT2D eigenvalue weighted by Crippen LogP contribution is 2.31. The van der Waals surface area contributed by atoms with Crippen molar-refractivity contribution < 1.29 is 0 Å². The van der Waals surface area contributed by atoms with E-state index in [2.05, 4.69) is 78.4 Å². The summed E-state index contributed by atoms with van der Waals surface area (Å²) in [5.74, 6) is 0. The first-order chi connectivity index (χ1) is 10.3. The normalized spacial score (nSPS) is 18.6. The molecule has 21 heavy (non-hydrogen) atoms. The Bertz CT molecular complexity index is 571. The van der Waals surface area contributed by atoms with E-state index >= 15 is 0 Å². The van der Waals surface area contributed by atoms with Crippen molar-refractivity contribution in [1.29, 1.82) is 0 Å². The Balaban J connectivity index is 1.98. The fourth-order valence-electron chi connectivity index (χ4n) is 3.20. The van der Waals surface area contributed by atoms with Crippen LogP contribution in [0.4, 0.5) is 0 Å². The molecule has 0 spiro atoms. The highest BCUT2D eigenvalue weighted by molar-refractivity contribution is 5.37. The molecular weight excluding hydrogens is 256 g/mol. The maximum Gasteiger partial charge on any atom is 0.0605 e. The second-order valence-corrected chi connectivity index (χ2v) is 6.01. The van der Waals surface area contributed by atoms with Crippen molar-refractivity contribution in [3.05, 3.63) is 71.3 Å². The Morgan fingerprint density at radius 1 is 0.810 bits per heavy atom. The van der Waals surface area contributed by atoms with Crippen LogP contribution in [0.1, 0.15) is 22.7 Å². The highest BCUT2D eigenvalue weighted by Gasteiger charge is 2.25. The summed E-state index contributed by atoms with van der Waals surface area (Å²) in [6.45, 7) is 6.78. The van der Waals surface area contributed by atoms with Crippen molar-refractivity contribution in [2.24, 2.45) is 0 Å². The van der Waals surface area contributed by atoms with Gasteiger partial charge in [-0.15, -0.1) is 0 Å². The number of benzene rings is 2. The highest BCUT2D eigenvalue weighted by atomic mass is 15.3. The number of piperazine rings is 1. The van der Waals surface area contributed by atoms with Crippen LogP contribution in [0.15, 0.2) is 54.6 Å². The number of hydrogen-bond donors (Lipinski definition) is 0. The van der Waals surface area contributed by atoms with Gasteiger partial charge in [-0.25, -0.2) is 0 Å². The molecule has 1 aliphatic heterocycles. The average molecular weight is 280 g/mol. The number of aryl methyl sites for hydroxylation is 1. The van der Waals surface area contributed by atoms with Gasteiger partial charge in [-0.1, -0.05) is 54.6 Å². The molecule has 2 aromatic rings. The van der Waals surface area contributed by atoms with Crippen molar-refractivity contribution in [2.75, 3.05) is 33.2 Å². The van der Waals surface area contributed by atoms with Crippen LogP contribution in [-0.4, -0.2) is 43.0 Å². The molecule has 2 aromatic carbocycles. The third-order valence-electron chi connectivity index (χ3n) is 4.50. The first-order valence-corrected chi connectivity index (χ1v) is 7.79. The topological polar surface area (TPSA) is 6.48 Å². The summed E-state index contributed by atoms with van der Waals surface area (Å²) in [5.41, 5.74) is 4.22. The van der Waals surface area contributed by atoms with Crippen LogP contribution < -0.4 is 0 Å². The van der Waals surface area contributed by atoms with Gasteiger partial charge in [-0.3, -0.25) is 4.90 Å². The average Bonchev–Trinajstić information content (AvgIpc) is 2.52. The minimum absolute atomic E-state index is 0.376. The van der Waals surface area contributed by atoms with Crippen molar-refractivity contribution in [3.8, 4) is 0 Å². The third kappa shape index (κ3) is 3.17. The molecule has 1 atom stereocenters. The summed E-state index contributed by atoms with van der Waals surface area (Å²) in [7, 11) is 2.21. The van der Waals surface area contributed by atoms with Gasteiger partial charge in [-0.05, 0) is 30.7 Å². The SMILES string of the molecule is Cc1ccccc1C(c1ccccc1)N1CCN(C)CC1. The Morgan fingerprint density at radius 3 is 2.10 bits per heavy atom. The molecule has 0 aliphatic carbocycles. The smallest absolute Gasteiger partial charge is 0.0605 e. The van der Waals surface area contributed by atoms with Crippen molar-refractivity contribution in [3.63, 3.8) is 0 Å². The summed E-state index contributed by atoms with van der Waals surface area (Å²) in [5, 5.41) is 0. The molecular formula is C19H24N2. The van der Waals surface area contributed by atoms with Crippen molar-refractivity contribution >= 4 is 0 Å². The lowest BCUT2D eigenvalue weighted by atomic mass is 9.93. The van der Waals surface area contributed by atoms with Crippen LogP contribution in [0, 0.1) is 6.92 Å². The van der Waals surface area contributed by atoms with Gasteiger partial charge in [0.15, 0.2) is 0 Å². The zero-order chi connectivity index (χ0) is 14.7. The van der Waals surface area contributed by atoms with Gasteiger partial charge >= 0.3 is 0 Å². The summed E-state index contributed by atoms with van der Waals surface area (Å²) in [6.07, 6.45) is 0. The van der Waals surface area contributed by atoms with Gasteiger partial charge in [0.1, 0.15) is 0 Å². The first-order valence-electron chi connectivity index (χ1n) is 7.79. The van der Waals surface area contributed by atoms with Crippen LogP contribution in [0.2, 0.25) is 0 Å². The lowest BCUT2D eigenvalue weighted by Crippen LogP contribution is -2.46. The van der Waals surface area contributed by atoms with Crippen molar-refractivity contribution in [1.82, 2.24) is 9.80 Å². The summed E-state index contributed by atoms with van der Waals surface area (Å²) in [6, 6.07) is 20.1. The predicted molar refractivity (Wildman–Crippen MR) is 88.5 cm³/mol. The molecule has 0 N–H and O–H groups in total. The van der Waals surface area contributed by atoms with E-state index < -0.39 is 0 Å². The summed E-state index contributed by atoms with van der Waals surface area (Å²) in [4.78, 5) is 5.04. The van der Waals surface area contributed by atoms with Crippen LogP contribution in [-0.2, 0) is 0 Å². The molecule has 2 heteroatoms. The van der Waals surface area contributed by atoms with E-state index in [1.165, 1.54) is 16.7 Å².